The van der Waals surface area contributed by atoms with Crippen LogP contribution in [0.2, 0.25) is 5.02 Å². The van der Waals surface area contributed by atoms with E-state index in [2.05, 4.69) is 20.6 Å². The number of nitro benzene ring substituents is 1. The molecule has 2 aromatic carbocycles. The average Bonchev–Trinajstić information content (AvgIpc) is 3.18. The van der Waals surface area contributed by atoms with Crippen molar-refractivity contribution in [1.82, 2.24) is 19.8 Å². The molecule has 4 rings (SSSR count). The minimum absolute atomic E-state index is 0.0225. The number of fused-ring (bicyclic) bond motifs is 1. The summed E-state index contributed by atoms with van der Waals surface area (Å²) in [5, 5.41) is 27.5. The number of aromatic nitrogens is 4. The van der Waals surface area contributed by atoms with Crippen LogP contribution in [-0.2, 0) is 4.79 Å². The van der Waals surface area contributed by atoms with Crippen molar-refractivity contribution in [3.63, 3.8) is 0 Å². The summed E-state index contributed by atoms with van der Waals surface area (Å²) in [4.78, 5) is 23.0. The van der Waals surface area contributed by atoms with E-state index in [-0.39, 0.29) is 17.3 Å². The first-order valence-electron chi connectivity index (χ1n) is 9.07. The molecular weight excluding hydrogens is 440 g/mol. The van der Waals surface area contributed by atoms with Crippen molar-refractivity contribution in [2.45, 2.75) is 12.1 Å². The number of benzene rings is 2. The maximum absolute atomic E-state index is 12.4. The van der Waals surface area contributed by atoms with Crippen LogP contribution in [0.5, 0.6) is 0 Å². The number of nitrogens with zero attached hydrogens (tertiary/aromatic N) is 5. The standard InChI is InChI=1S/C20H15ClN6O3S/c1-12-15(21)6-3-7-16(12)22-19(28)11-31-20-24-23-18-9-8-17(25-26(18)20)13-4-2-5-14(10-13)27(29)30/h2-10H,11H2,1H3,(H,22,28). The lowest BCUT2D eigenvalue weighted by Gasteiger charge is -2.09. The van der Waals surface area contributed by atoms with E-state index in [9.17, 15) is 14.9 Å². The summed E-state index contributed by atoms with van der Waals surface area (Å²) in [6.45, 7) is 1.83. The zero-order valence-electron chi connectivity index (χ0n) is 16.2. The lowest BCUT2D eigenvalue weighted by molar-refractivity contribution is -0.384. The molecule has 2 heterocycles. The van der Waals surface area contributed by atoms with E-state index >= 15 is 0 Å². The Labute approximate surface area is 185 Å². The summed E-state index contributed by atoms with van der Waals surface area (Å²) in [6, 6.07) is 14.9. The van der Waals surface area contributed by atoms with Gasteiger partial charge in [0.1, 0.15) is 0 Å². The molecule has 0 aliphatic heterocycles. The quantitative estimate of drug-likeness (QED) is 0.261. The van der Waals surface area contributed by atoms with Gasteiger partial charge in [-0.2, -0.15) is 9.61 Å². The van der Waals surface area contributed by atoms with E-state index in [1.165, 1.54) is 28.4 Å². The fraction of sp³-hybridized carbons (Fsp3) is 0.100. The van der Waals surface area contributed by atoms with E-state index < -0.39 is 4.92 Å². The zero-order valence-corrected chi connectivity index (χ0v) is 17.7. The third-order valence-corrected chi connectivity index (χ3v) is 5.79. The van der Waals surface area contributed by atoms with Gasteiger partial charge in [-0.25, -0.2) is 0 Å². The number of amides is 1. The van der Waals surface area contributed by atoms with Crippen LogP contribution in [0.25, 0.3) is 16.9 Å². The lowest BCUT2D eigenvalue weighted by atomic mass is 10.1. The van der Waals surface area contributed by atoms with E-state index in [0.717, 1.165) is 5.56 Å². The molecule has 0 atom stereocenters. The minimum atomic E-state index is -0.456. The van der Waals surface area contributed by atoms with Gasteiger partial charge >= 0.3 is 0 Å². The molecule has 1 amide bonds. The molecular formula is C20H15ClN6O3S. The largest absolute Gasteiger partial charge is 0.325 e. The van der Waals surface area contributed by atoms with E-state index in [1.54, 1.807) is 42.5 Å². The van der Waals surface area contributed by atoms with Crippen molar-refractivity contribution in [1.29, 1.82) is 0 Å². The first-order valence-corrected chi connectivity index (χ1v) is 10.4. The summed E-state index contributed by atoms with van der Waals surface area (Å²) in [6.07, 6.45) is 0. The number of hydrogen-bond donors (Lipinski definition) is 1. The maximum Gasteiger partial charge on any atom is 0.270 e. The number of non-ortho nitro benzene ring substituents is 1. The summed E-state index contributed by atoms with van der Waals surface area (Å²) in [5.41, 5.74) is 3.04. The van der Waals surface area contributed by atoms with Gasteiger partial charge in [0.2, 0.25) is 11.1 Å². The van der Waals surface area contributed by atoms with Gasteiger partial charge in [-0.3, -0.25) is 14.9 Å². The van der Waals surface area contributed by atoms with Gasteiger partial charge in [-0.15, -0.1) is 10.2 Å². The maximum atomic E-state index is 12.4. The second kappa shape index (κ2) is 8.70. The molecule has 0 aliphatic carbocycles. The van der Waals surface area contributed by atoms with Crippen LogP contribution in [0.15, 0.2) is 59.8 Å². The number of carbonyl (C=O) groups excluding carboxylic acids is 1. The van der Waals surface area contributed by atoms with Crippen molar-refractivity contribution in [3.05, 3.63) is 75.3 Å². The average molecular weight is 455 g/mol. The molecule has 1 N–H and O–H groups in total. The Morgan fingerprint density at radius 3 is 2.81 bits per heavy atom. The highest BCUT2D eigenvalue weighted by Crippen LogP contribution is 2.25. The Bertz CT molecular complexity index is 1310. The van der Waals surface area contributed by atoms with Gasteiger partial charge in [-0.05, 0) is 36.8 Å². The van der Waals surface area contributed by atoms with Gasteiger partial charge in [0.05, 0.1) is 16.4 Å². The molecule has 0 unspecified atom stereocenters. The molecule has 0 saturated heterocycles. The van der Waals surface area contributed by atoms with E-state index in [1.807, 2.05) is 6.92 Å². The van der Waals surface area contributed by atoms with Crippen LogP contribution in [-0.4, -0.2) is 36.4 Å². The Morgan fingerprint density at radius 2 is 2.00 bits per heavy atom. The van der Waals surface area contributed by atoms with Crippen LogP contribution >= 0.6 is 23.4 Å². The van der Waals surface area contributed by atoms with Crippen molar-refractivity contribution in [3.8, 4) is 11.3 Å². The minimum Gasteiger partial charge on any atom is -0.325 e. The molecule has 9 nitrogen and oxygen atoms in total. The molecule has 11 heteroatoms. The molecule has 31 heavy (non-hydrogen) atoms. The molecule has 0 spiro atoms. The van der Waals surface area contributed by atoms with Crippen LogP contribution in [0, 0.1) is 17.0 Å². The topological polar surface area (TPSA) is 115 Å². The number of hydrogen-bond acceptors (Lipinski definition) is 7. The normalized spacial score (nSPS) is 10.9. The van der Waals surface area contributed by atoms with E-state index in [4.69, 9.17) is 11.6 Å². The predicted molar refractivity (Wildman–Crippen MR) is 118 cm³/mol. The number of rotatable bonds is 6. The molecule has 0 fully saturated rings. The van der Waals surface area contributed by atoms with Crippen molar-refractivity contribution in [2.75, 3.05) is 11.1 Å². The van der Waals surface area contributed by atoms with Gasteiger partial charge in [-0.1, -0.05) is 41.6 Å². The summed E-state index contributed by atoms with van der Waals surface area (Å²) >= 11 is 7.27. The van der Waals surface area contributed by atoms with Crippen LogP contribution < -0.4 is 5.32 Å². The van der Waals surface area contributed by atoms with Gasteiger partial charge in [0.15, 0.2) is 5.65 Å². The smallest absolute Gasteiger partial charge is 0.270 e. The second-order valence-corrected chi connectivity index (χ2v) is 7.88. The third-order valence-electron chi connectivity index (χ3n) is 4.46. The summed E-state index contributed by atoms with van der Waals surface area (Å²) < 4.78 is 1.51. The highest BCUT2D eigenvalue weighted by atomic mass is 35.5. The number of anilines is 1. The fourth-order valence-electron chi connectivity index (χ4n) is 2.85. The first-order chi connectivity index (χ1) is 14.9. The highest BCUT2D eigenvalue weighted by Gasteiger charge is 2.14. The molecule has 2 aromatic heterocycles. The van der Waals surface area contributed by atoms with Crippen molar-refractivity contribution < 1.29 is 9.72 Å². The first kappa shape index (κ1) is 20.8. The molecule has 0 bridgehead atoms. The third kappa shape index (κ3) is 4.49. The zero-order chi connectivity index (χ0) is 22.0. The monoisotopic (exact) mass is 454 g/mol. The Hall–Kier alpha value is -3.50. The van der Waals surface area contributed by atoms with E-state index in [0.29, 0.717) is 32.8 Å². The number of halogens is 1. The summed E-state index contributed by atoms with van der Waals surface area (Å²) in [5.74, 6) is -0.128. The Balaban J connectivity index is 1.53. The van der Waals surface area contributed by atoms with Gasteiger partial charge < -0.3 is 5.32 Å². The number of nitro groups is 1. The summed E-state index contributed by atoms with van der Waals surface area (Å²) in [7, 11) is 0. The number of nitrogens with one attached hydrogen (secondary N) is 1. The van der Waals surface area contributed by atoms with Crippen molar-refractivity contribution in [2.24, 2.45) is 0 Å². The SMILES string of the molecule is Cc1c(Cl)cccc1NC(=O)CSc1nnc2ccc(-c3cccc([N+](=O)[O-])c3)nn12. The van der Waals surface area contributed by atoms with Gasteiger partial charge in [0, 0.05) is 28.4 Å². The second-order valence-electron chi connectivity index (χ2n) is 6.53. The predicted octanol–water partition coefficient (Wildman–Crippen LogP) is 4.39. The number of carbonyl (C=O) groups is 1. The molecule has 0 radical (unpaired) electrons. The molecule has 156 valence electrons. The highest BCUT2D eigenvalue weighted by molar-refractivity contribution is 7.99. The van der Waals surface area contributed by atoms with Gasteiger partial charge in [0.25, 0.3) is 5.69 Å². The lowest BCUT2D eigenvalue weighted by Crippen LogP contribution is -2.15. The fourth-order valence-corrected chi connectivity index (χ4v) is 3.71. The Morgan fingerprint density at radius 1 is 1.19 bits per heavy atom. The van der Waals surface area contributed by atoms with Crippen LogP contribution in [0.4, 0.5) is 11.4 Å². The van der Waals surface area contributed by atoms with Crippen LogP contribution in [0.1, 0.15) is 5.56 Å². The Kier molecular flexibility index (Phi) is 5.83. The molecule has 4 aromatic rings. The molecule has 0 aliphatic rings. The van der Waals surface area contributed by atoms with Crippen molar-refractivity contribution >= 4 is 46.3 Å². The van der Waals surface area contributed by atoms with Crippen LogP contribution in [0.3, 0.4) is 0 Å². The number of thioether (sulfide) groups is 1. The molecule has 0 saturated carbocycles.